The normalized spacial score (nSPS) is 26.8. The molecule has 0 spiro atoms. The molecule has 3 rings (SSSR count). The van der Waals surface area contributed by atoms with Gasteiger partial charge in [-0.3, -0.25) is 4.98 Å². The van der Waals surface area contributed by atoms with Gasteiger partial charge in [-0.05, 0) is 55.7 Å². The molecule has 0 radical (unpaired) electrons. The number of pyridine rings is 1. The third-order valence-electron chi connectivity index (χ3n) is 4.83. The quantitative estimate of drug-likeness (QED) is 0.920. The second kappa shape index (κ2) is 5.92. The van der Waals surface area contributed by atoms with Gasteiger partial charge >= 0.3 is 0 Å². The smallest absolute Gasteiger partial charge is 0.0705 e. The molecule has 1 aromatic heterocycles. The lowest BCUT2D eigenvalue weighted by molar-refractivity contribution is 0.192. The molecule has 1 aliphatic carbocycles. The Labute approximate surface area is 121 Å². The van der Waals surface area contributed by atoms with E-state index in [-0.39, 0.29) is 0 Å². The van der Waals surface area contributed by atoms with Crippen molar-refractivity contribution in [2.45, 2.75) is 32.6 Å². The van der Waals surface area contributed by atoms with Gasteiger partial charge in [-0.2, -0.15) is 0 Å². The summed E-state index contributed by atoms with van der Waals surface area (Å²) < 4.78 is 0. The fraction of sp³-hybridized carbons (Fsp3) is 0.500. The summed E-state index contributed by atoms with van der Waals surface area (Å²) in [5, 5.41) is 1.23. The molecule has 1 aromatic carbocycles. The van der Waals surface area contributed by atoms with Crippen molar-refractivity contribution < 1.29 is 0 Å². The molecule has 1 saturated carbocycles. The van der Waals surface area contributed by atoms with Crippen LogP contribution in [0.5, 0.6) is 0 Å². The summed E-state index contributed by atoms with van der Waals surface area (Å²) in [5.74, 6) is 2.22. The van der Waals surface area contributed by atoms with E-state index < -0.39 is 0 Å². The summed E-state index contributed by atoms with van der Waals surface area (Å²) in [4.78, 5) is 4.82. The molecular formula is C18H24N2. The van der Waals surface area contributed by atoms with Gasteiger partial charge in [-0.1, -0.05) is 37.6 Å². The highest BCUT2D eigenvalue weighted by Crippen LogP contribution is 2.35. The van der Waals surface area contributed by atoms with E-state index in [1.807, 2.05) is 0 Å². The largest absolute Gasteiger partial charge is 0.330 e. The van der Waals surface area contributed by atoms with Crippen molar-refractivity contribution >= 4 is 10.9 Å². The predicted octanol–water partition coefficient (Wildman–Crippen LogP) is 3.79. The monoisotopic (exact) mass is 268 g/mol. The third-order valence-corrected chi connectivity index (χ3v) is 4.83. The maximum absolute atomic E-state index is 5.96. The summed E-state index contributed by atoms with van der Waals surface area (Å²) in [5.41, 5.74) is 8.30. The second-order valence-corrected chi connectivity index (χ2v) is 6.37. The van der Waals surface area contributed by atoms with E-state index in [2.05, 4.69) is 43.3 Å². The van der Waals surface area contributed by atoms with Crippen LogP contribution in [0.25, 0.3) is 10.9 Å². The SMILES string of the molecule is CC1CCC(CN)C(Cc2ccc3ccccc3n2)C1. The van der Waals surface area contributed by atoms with Crippen molar-refractivity contribution in [2.24, 2.45) is 23.5 Å². The molecule has 3 unspecified atom stereocenters. The van der Waals surface area contributed by atoms with E-state index in [1.165, 1.54) is 30.3 Å². The van der Waals surface area contributed by atoms with E-state index in [0.29, 0.717) is 11.8 Å². The molecule has 2 nitrogen and oxygen atoms in total. The van der Waals surface area contributed by atoms with Crippen LogP contribution in [0.1, 0.15) is 31.9 Å². The minimum absolute atomic E-state index is 0.680. The topological polar surface area (TPSA) is 38.9 Å². The minimum atomic E-state index is 0.680. The Kier molecular flexibility index (Phi) is 4.02. The fourth-order valence-electron chi connectivity index (χ4n) is 3.61. The number of aromatic nitrogens is 1. The molecule has 0 bridgehead atoms. The molecule has 0 saturated heterocycles. The zero-order valence-corrected chi connectivity index (χ0v) is 12.3. The van der Waals surface area contributed by atoms with Crippen LogP contribution < -0.4 is 5.73 Å². The van der Waals surface area contributed by atoms with Gasteiger partial charge in [0.25, 0.3) is 0 Å². The van der Waals surface area contributed by atoms with Crippen LogP contribution in [0, 0.1) is 17.8 Å². The standard InChI is InChI=1S/C18H24N2/c1-13-6-7-15(12-19)16(10-13)11-17-9-8-14-4-2-3-5-18(14)20-17/h2-5,8-9,13,15-16H,6-7,10-12,19H2,1H3. The minimum Gasteiger partial charge on any atom is -0.330 e. The summed E-state index contributed by atoms with van der Waals surface area (Å²) in [6.07, 6.45) is 5.01. The van der Waals surface area contributed by atoms with Gasteiger partial charge in [0.1, 0.15) is 0 Å². The maximum Gasteiger partial charge on any atom is 0.0705 e. The first-order valence-corrected chi connectivity index (χ1v) is 7.81. The van der Waals surface area contributed by atoms with Gasteiger partial charge in [-0.25, -0.2) is 0 Å². The summed E-state index contributed by atoms with van der Waals surface area (Å²) in [6.45, 7) is 3.19. The Hall–Kier alpha value is -1.41. The van der Waals surface area contributed by atoms with Crippen molar-refractivity contribution in [1.29, 1.82) is 0 Å². The maximum atomic E-state index is 5.96. The molecule has 106 valence electrons. The molecule has 2 heteroatoms. The first-order chi connectivity index (χ1) is 9.76. The van der Waals surface area contributed by atoms with Crippen molar-refractivity contribution in [2.75, 3.05) is 6.54 Å². The fourth-order valence-corrected chi connectivity index (χ4v) is 3.61. The Bertz CT molecular complexity index is 578. The van der Waals surface area contributed by atoms with Crippen molar-refractivity contribution in [3.63, 3.8) is 0 Å². The first kappa shape index (κ1) is 13.6. The Morgan fingerprint density at radius 1 is 1.10 bits per heavy atom. The number of nitrogens with zero attached hydrogens (tertiary/aromatic N) is 1. The summed E-state index contributed by atoms with van der Waals surface area (Å²) in [7, 11) is 0. The van der Waals surface area contributed by atoms with Gasteiger partial charge in [0.15, 0.2) is 0 Å². The Morgan fingerprint density at radius 2 is 1.95 bits per heavy atom. The van der Waals surface area contributed by atoms with Crippen LogP contribution in [0.3, 0.4) is 0 Å². The highest BCUT2D eigenvalue weighted by molar-refractivity contribution is 5.78. The number of fused-ring (bicyclic) bond motifs is 1. The first-order valence-electron chi connectivity index (χ1n) is 7.81. The average Bonchev–Trinajstić information content (AvgIpc) is 2.47. The van der Waals surface area contributed by atoms with Gasteiger partial charge in [0, 0.05) is 11.1 Å². The number of para-hydroxylation sites is 1. The molecule has 0 amide bonds. The lowest BCUT2D eigenvalue weighted by Gasteiger charge is -2.34. The number of rotatable bonds is 3. The second-order valence-electron chi connectivity index (χ2n) is 6.37. The molecule has 1 fully saturated rings. The van der Waals surface area contributed by atoms with Crippen LogP contribution in [0.4, 0.5) is 0 Å². The third kappa shape index (κ3) is 2.85. The zero-order valence-electron chi connectivity index (χ0n) is 12.3. The van der Waals surface area contributed by atoms with E-state index in [9.17, 15) is 0 Å². The molecule has 0 aliphatic heterocycles. The van der Waals surface area contributed by atoms with Gasteiger partial charge < -0.3 is 5.73 Å². The molecular weight excluding hydrogens is 244 g/mol. The van der Waals surface area contributed by atoms with Crippen LogP contribution >= 0.6 is 0 Å². The Balaban J connectivity index is 1.80. The molecule has 3 atom stereocenters. The number of nitrogens with two attached hydrogens (primary N) is 1. The van der Waals surface area contributed by atoms with Gasteiger partial charge in [0.2, 0.25) is 0 Å². The molecule has 20 heavy (non-hydrogen) atoms. The molecule has 2 aromatic rings. The van der Waals surface area contributed by atoms with Crippen LogP contribution in [0.15, 0.2) is 36.4 Å². The highest BCUT2D eigenvalue weighted by atomic mass is 14.7. The van der Waals surface area contributed by atoms with E-state index in [0.717, 1.165) is 24.4 Å². The summed E-state index contributed by atoms with van der Waals surface area (Å²) >= 11 is 0. The summed E-state index contributed by atoms with van der Waals surface area (Å²) in [6, 6.07) is 12.7. The zero-order chi connectivity index (χ0) is 13.9. The van der Waals surface area contributed by atoms with E-state index in [4.69, 9.17) is 10.7 Å². The van der Waals surface area contributed by atoms with E-state index in [1.54, 1.807) is 0 Å². The number of hydrogen-bond donors (Lipinski definition) is 1. The predicted molar refractivity (Wildman–Crippen MR) is 84.5 cm³/mol. The van der Waals surface area contributed by atoms with Gasteiger partial charge in [-0.15, -0.1) is 0 Å². The van der Waals surface area contributed by atoms with Crippen LogP contribution in [-0.4, -0.2) is 11.5 Å². The molecule has 1 aliphatic rings. The van der Waals surface area contributed by atoms with E-state index >= 15 is 0 Å². The highest BCUT2D eigenvalue weighted by Gasteiger charge is 2.28. The number of hydrogen-bond acceptors (Lipinski definition) is 2. The Morgan fingerprint density at radius 3 is 2.80 bits per heavy atom. The average molecular weight is 268 g/mol. The van der Waals surface area contributed by atoms with Gasteiger partial charge in [0.05, 0.1) is 5.52 Å². The van der Waals surface area contributed by atoms with Crippen LogP contribution in [0.2, 0.25) is 0 Å². The number of benzene rings is 1. The lowest BCUT2D eigenvalue weighted by atomic mass is 9.73. The molecule has 1 heterocycles. The van der Waals surface area contributed by atoms with Crippen LogP contribution in [-0.2, 0) is 6.42 Å². The van der Waals surface area contributed by atoms with Crippen molar-refractivity contribution in [1.82, 2.24) is 4.98 Å². The van der Waals surface area contributed by atoms with Crippen molar-refractivity contribution in [3.05, 3.63) is 42.1 Å². The van der Waals surface area contributed by atoms with Crippen molar-refractivity contribution in [3.8, 4) is 0 Å². The lowest BCUT2D eigenvalue weighted by Crippen LogP contribution is -2.31. The molecule has 2 N–H and O–H groups in total.